The highest BCUT2D eigenvalue weighted by Crippen LogP contribution is 2.23. The summed E-state index contributed by atoms with van der Waals surface area (Å²) in [4.78, 5) is 35.9. The standard InChI is InChI=1S/C18H17N3O4/c1-12(22)20-8-7-13-5-6-16(9-15(13)11-20)19-18(23)14-3-2-4-17(10-14)21(24)25/h2-6,9-10H,7-8,11H2,1H3,(H,19,23). The van der Waals surface area contributed by atoms with Crippen LogP contribution in [0, 0.1) is 10.1 Å². The first-order chi connectivity index (χ1) is 11.9. The molecule has 1 aliphatic rings. The molecule has 1 N–H and O–H groups in total. The van der Waals surface area contributed by atoms with Gasteiger partial charge in [-0.05, 0) is 35.7 Å². The van der Waals surface area contributed by atoms with Crippen molar-refractivity contribution >= 4 is 23.2 Å². The molecule has 0 fully saturated rings. The number of carbonyl (C=O) groups is 2. The van der Waals surface area contributed by atoms with Crippen molar-refractivity contribution in [3.05, 3.63) is 69.3 Å². The van der Waals surface area contributed by atoms with Gasteiger partial charge in [0.05, 0.1) is 4.92 Å². The fraction of sp³-hybridized carbons (Fsp3) is 0.222. The van der Waals surface area contributed by atoms with E-state index in [1.807, 2.05) is 12.1 Å². The number of rotatable bonds is 3. The monoisotopic (exact) mass is 339 g/mol. The van der Waals surface area contributed by atoms with Gasteiger partial charge in [0.25, 0.3) is 11.6 Å². The Morgan fingerprint density at radius 2 is 1.96 bits per heavy atom. The number of nitro groups is 1. The van der Waals surface area contributed by atoms with Crippen LogP contribution in [-0.4, -0.2) is 28.2 Å². The molecule has 2 aromatic rings. The second kappa shape index (κ2) is 6.72. The van der Waals surface area contributed by atoms with Crippen LogP contribution in [0.3, 0.4) is 0 Å². The highest BCUT2D eigenvalue weighted by Gasteiger charge is 2.19. The van der Waals surface area contributed by atoms with Gasteiger partial charge in [-0.2, -0.15) is 0 Å². The second-order valence-corrected chi connectivity index (χ2v) is 5.94. The molecular formula is C18H17N3O4. The van der Waals surface area contributed by atoms with Gasteiger partial charge in [0, 0.05) is 43.4 Å². The number of hydrogen-bond donors (Lipinski definition) is 1. The van der Waals surface area contributed by atoms with Gasteiger partial charge < -0.3 is 10.2 Å². The molecule has 0 spiro atoms. The Morgan fingerprint density at radius 1 is 1.16 bits per heavy atom. The number of nitrogens with one attached hydrogen (secondary N) is 1. The van der Waals surface area contributed by atoms with Crippen molar-refractivity contribution in [1.82, 2.24) is 4.90 Å². The third kappa shape index (κ3) is 3.65. The van der Waals surface area contributed by atoms with Crippen LogP contribution in [0.1, 0.15) is 28.4 Å². The van der Waals surface area contributed by atoms with Gasteiger partial charge in [0.15, 0.2) is 0 Å². The summed E-state index contributed by atoms with van der Waals surface area (Å²) in [5.41, 5.74) is 2.84. The minimum Gasteiger partial charge on any atom is -0.338 e. The highest BCUT2D eigenvalue weighted by molar-refractivity contribution is 6.04. The van der Waals surface area contributed by atoms with Crippen molar-refractivity contribution in [2.45, 2.75) is 19.9 Å². The molecule has 7 heteroatoms. The molecular weight excluding hydrogens is 322 g/mol. The van der Waals surface area contributed by atoms with E-state index < -0.39 is 10.8 Å². The SMILES string of the molecule is CC(=O)N1CCc2ccc(NC(=O)c3cccc([N+](=O)[O-])c3)cc2C1. The van der Waals surface area contributed by atoms with Crippen LogP contribution in [0.15, 0.2) is 42.5 Å². The summed E-state index contributed by atoms with van der Waals surface area (Å²) < 4.78 is 0. The minimum atomic E-state index is -0.536. The summed E-state index contributed by atoms with van der Waals surface area (Å²) in [7, 11) is 0. The number of amides is 2. The number of nitrogens with zero attached hydrogens (tertiary/aromatic N) is 2. The summed E-state index contributed by atoms with van der Waals surface area (Å²) in [5.74, 6) is -0.389. The van der Waals surface area contributed by atoms with E-state index in [1.54, 1.807) is 17.9 Å². The van der Waals surface area contributed by atoms with Crippen LogP contribution in [0.2, 0.25) is 0 Å². The smallest absolute Gasteiger partial charge is 0.270 e. The zero-order chi connectivity index (χ0) is 18.0. The lowest BCUT2D eigenvalue weighted by Crippen LogP contribution is -2.34. The molecule has 0 aliphatic carbocycles. The Kier molecular flexibility index (Phi) is 4.47. The van der Waals surface area contributed by atoms with Crippen LogP contribution in [0.25, 0.3) is 0 Å². The van der Waals surface area contributed by atoms with Gasteiger partial charge in [-0.15, -0.1) is 0 Å². The first-order valence-electron chi connectivity index (χ1n) is 7.87. The summed E-state index contributed by atoms with van der Waals surface area (Å²) >= 11 is 0. The first-order valence-corrected chi connectivity index (χ1v) is 7.87. The lowest BCUT2D eigenvalue weighted by molar-refractivity contribution is -0.384. The van der Waals surface area contributed by atoms with E-state index in [1.165, 1.54) is 24.3 Å². The van der Waals surface area contributed by atoms with Crippen LogP contribution < -0.4 is 5.32 Å². The molecule has 1 heterocycles. The Bertz CT molecular complexity index is 863. The molecule has 128 valence electrons. The third-order valence-electron chi connectivity index (χ3n) is 4.24. The molecule has 0 radical (unpaired) electrons. The number of fused-ring (bicyclic) bond motifs is 1. The number of anilines is 1. The third-order valence-corrected chi connectivity index (χ3v) is 4.24. The molecule has 2 aromatic carbocycles. The molecule has 0 unspecified atom stereocenters. The summed E-state index contributed by atoms with van der Waals surface area (Å²) in [6.45, 7) is 2.76. The predicted octanol–water partition coefficient (Wildman–Crippen LogP) is 2.75. The molecule has 1 aliphatic heterocycles. The largest absolute Gasteiger partial charge is 0.338 e. The molecule has 7 nitrogen and oxygen atoms in total. The molecule has 0 bridgehead atoms. The maximum Gasteiger partial charge on any atom is 0.270 e. The van der Waals surface area contributed by atoms with Crippen molar-refractivity contribution in [2.75, 3.05) is 11.9 Å². The lowest BCUT2D eigenvalue weighted by Gasteiger charge is -2.28. The molecule has 0 saturated heterocycles. The molecule has 25 heavy (non-hydrogen) atoms. The van der Waals surface area contributed by atoms with E-state index in [0.29, 0.717) is 18.8 Å². The normalized spacial score (nSPS) is 13.1. The Morgan fingerprint density at radius 3 is 2.68 bits per heavy atom. The fourth-order valence-electron chi connectivity index (χ4n) is 2.87. The lowest BCUT2D eigenvalue weighted by atomic mass is 9.99. The fourth-order valence-corrected chi connectivity index (χ4v) is 2.87. The van der Waals surface area contributed by atoms with Gasteiger partial charge in [-0.1, -0.05) is 12.1 Å². The Labute approximate surface area is 144 Å². The highest BCUT2D eigenvalue weighted by atomic mass is 16.6. The van der Waals surface area contributed by atoms with Gasteiger partial charge in [0.2, 0.25) is 5.91 Å². The van der Waals surface area contributed by atoms with Gasteiger partial charge in [-0.25, -0.2) is 0 Å². The predicted molar refractivity (Wildman–Crippen MR) is 92.3 cm³/mol. The topological polar surface area (TPSA) is 92.6 Å². The number of non-ortho nitro benzene ring substituents is 1. The quantitative estimate of drug-likeness (QED) is 0.687. The van der Waals surface area contributed by atoms with Gasteiger partial charge in [-0.3, -0.25) is 19.7 Å². The van der Waals surface area contributed by atoms with Crippen molar-refractivity contribution in [1.29, 1.82) is 0 Å². The first kappa shape index (κ1) is 16.6. The van der Waals surface area contributed by atoms with E-state index in [9.17, 15) is 19.7 Å². The van der Waals surface area contributed by atoms with Crippen LogP contribution in [0.5, 0.6) is 0 Å². The minimum absolute atomic E-state index is 0.0247. The molecule has 3 rings (SSSR count). The van der Waals surface area contributed by atoms with Crippen LogP contribution >= 0.6 is 0 Å². The average Bonchev–Trinajstić information content (AvgIpc) is 2.61. The van der Waals surface area contributed by atoms with Crippen LogP contribution in [0.4, 0.5) is 11.4 Å². The van der Waals surface area contributed by atoms with E-state index in [4.69, 9.17) is 0 Å². The van der Waals surface area contributed by atoms with E-state index in [-0.39, 0.29) is 17.2 Å². The number of benzene rings is 2. The maximum absolute atomic E-state index is 12.3. The van der Waals surface area contributed by atoms with Crippen molar-refractivity contribution in [3.63, 3.8) is 0 Å². The number of hydrogen-bond acceptors (Lipinski definition) is 4. The van der Waals surface area contributed by atoms with E-state index >= 15 is 0 Å². The van der Waals surface area contributed by atoms with Crippen molar-refractivity contribution < 1.29 is 14.5 Å². The van der Waals surface area contributed by atoms with Crippen molar-refractivity contribution in [2.24, 2.45) is 0 Å². The zero-order valence-electron chi connectivity index (χ0n) is 13.7. The average molecular weight is 339 g/mol. The summed E-state index contributed by atoms with van der Waals surface area (Å²) in [6.07, 6.45) is 0.786. The number of carbonyl (C=O) groups excluding carboxylic acids is 2. The zero-order valence-corrected chi connectivity index (χ0v) is 13.7. The molecule has 2 amide bonds. The summed E-state index contributed by atoms with van der Waals surface area (Å²) in [5, 5.41) is 13.6. The molecule has 0 saturated carbocycles. The molecule has 0 atom stereocenters. The van der Waals surface area contributed by atoms with Crippen LogP contribution in [-0.2, 0) is 17.8 Å². The maximum atomic E-state index is 12.3. The summed E-state index contributed by atoms with van der Waals surface area (Å²) in [6, 6.07) is 11.2. The Balaban J connectivity index is 1.78. The second-order valence-electron chi connectivity index (χ2n) is 5.94. The van der Waals surface area contributed by atoms with Gasteiger partial charge in [0.1, 0.15) is 0 Å². The number of nitro benzene ring substituents is 1. The van der Waals surface area contributed by atoms with E-state index in [2.05, 4.69) is 5.32 Å². The van der Waals surface area contributed by atoms with Crippen molar-refractivity contribution in [3.8, 4) is 0 Å². The van der Waals surface area contributed by atoms with Gasteiger partial charge >= 0.3 is 0 Å². The Hall–Kier alpha value is -3.22. The van der Waals surface area contributed by atoms with E-state index in [0.717, 1.165) is 17.5 Å². The molecule has 0 aromatic heterocycles.